The zero-order valence-corrected chi connectivity index (χ0v) is 15.0. The summed E-state index contributed by atoms with van der Waals surface area (Å²) < 4.78 is 30.7. The number of rotatable bonds is 6. The van der Waals surface area contributed by atoms with Crippen molar-refractivity contribution >= 4 is 21.9 Å². The van der Waals surface area contributed by atoms with E-state index in [2.05, 4.69) is 0 Å². The van der Waals surface area contributed by atoms with E-state index in [9.17, 15) is 18.0 Å². The molecule has 136 valence electrons. The molecule has 6 nitrogen and oxygen atoms in total. The van der Waals surface area contributed by atoms with E-state index in [0.717, 1.165) is 10.7 Å². The zero-order chi connectivity index (χ0) is 17.9. The van der Waals surface area contributed by atoms with E-state index in [1.807, 2.05) is 0 Å². The molecule has 0 aromatic heterocycles. The Labute approximate surface area is 148 Å². The van der Waals surface area contributed by atoms with E-state index in [-0.39, 0.29) is 29.6 Å². The molecular weight excluding hydrogens is 342 g/mol. The highest BCUT2D eigenvalue weighted by molar-refractivity contribution is 7.90. The molecule has 0 spiro atoms. The highest BCUT2D eigenvalue weighted by Gasteiger charge is 2.40. The summed E-state index contributed by atoms with van der Waals surface area (Å²) >= 11 is 0. The summed E-state index contributed by atoms with van der Waals surface area (Å²) in [6.07, 6.45) is 7.26. The van der Waals surface area contributed by atoms with E-state index >= 15 is 0 Å². The van der Waals surface area contributed by atoms with Crippen LogP contribution in [0.5, 0.6) is 0 Å². The molecule has 0 bridgehead atoms. The van der Waals surface area contributed by atoms with Gasteiger partial charge in [-0.3, -0.25) is 9.59 Å². The van der Waals surface area contributed by atoms with Crippen LogP contribution in [0.25, 0.3) is 0 Å². The predicted octanol–water partition coefficient (Wildman–Crippen LogP) is 2.73. The molecule has 0 atom stereocenters. The normalized spacial score (nSPS) is 19.7. The van der Waals surface area contributed by atoms with E-state index in [0.29, 0.717) is 12.3 Å². The molecule has 3 rings (SSSR count). The quantitative estimate of drug-likeness (QED) is 0.724. The van der Waals surface area contributed by atoms with Crippen molar-refractivity contribution in [1.29, 1.82) is 0 Å². The number of benzene rings is 1. The lowest BCUT2D eigenvalue weighted by Gasteiger charge is -2.21. The molecule has 1 saturated carbocycles. The molecule has 1 aromatic carbocycles. The first-order chi connectivity index (χ1) is 12.0. The third kappa shape index (κ3) is 3.86. The monoisotopic (exact) mass is 365 g/mol. The predicted molar refractivity (Wildman–Crippen MR) is 91.4 cm³/mol. The van der Waals surface area contributed by atoms with Gasteiger partial charge < -0.3 is 4.74 Å². The fourth-order valence-corrected chi connectivity index (χ4v) is 5.12. The number of amides is 1. The Hall–Kier alpha value is -1.89. The maximum atomic E-state index is 12.4. The maximum absolute atomic E-state index is 12.4. The highest BCUT2D eigenvalue weighted by atomic mass is 32.2. The van der Waals surface area contributed by atoms with Crippen LogP contribution in [0.2, 0.25) is 0 Å². The highest BCUT2D eigenvalue weighted by Crippen LogP contribution is 2.30. The number of carbonyl (C=O) groups is 2. The molecule has 0 unspecified atom stereocenters. The molecule has 1 heterocycles. The Balaban J connectivity index is 1.47. The summed E-state index contributed by atoms with van der Waals surface area (Å²) in [6, 6.07) is 6.11. The maximum Gasteiger partial charge on any atom is 0.305 e. The molecule has 1 aromatic rings. The van der Waals surface area contributed by atoms with Crippen LogP contribution in [-0.4, -0.2) is 37.8 Å². The molecule has 2 aliphatic rings. The minimum atomic E-state index is -3.83. The molecule has 0 N–H and O–H groups in total. The summed E-state index contributed by atoms with van der Waals surface area (Å²) in [5.41, 5.74) is 0.172. The van der Waals surface area contributed by atoms with Gasteiger partial charge in [0, 0.05) is 6.42 Å². The van der Waals surface area contributed by atoms with Gasteiger partial charge >= 0.3 is 5.97 Å². The first-order valence-corrected chi connectivity index (χ1v) is 10.3. The summed E-state index contributed by atoms with van der Waals surface area (Å²) in [5.74, 6) is -0.294. The smallest absolute Gasteiger partial charge is 0.305 e. The molecule has 1 aliphatic heterocycles. The average Bonchev–Trinajstić information content (AvgIpc) is 2.82. The van der Waals surface area contributed by atoms with Gasteiger partial charge in [0.1, 0.15) is 11.5 Å². The van der Waals surface area contributed by atoms with Gasteiger partial charge in [-0.05, 0) is 24.5 Å². The van der Waals surface area contributed by atoms with E-state index in [4.69, 9.17) is 4.74 Å². The van der Waals surface area contributed by atoms with Crippen molar-refractivity contribution in [2.75, 3.05) is 13.2 Å². The Bertz CT molecular complexity index is 752. The van der Waals surface area contributed by atoms with Gasteiger partial charge in [-0.25, -0.2) is 12.7 Å². The number of hydrogen-bond donors (Lipinski definition) is 0. The minimum Gasteiger partial charge on any atom is -0.464 e. The number of carbonyl (C=O) groups excluding carboxylic acids is 2. The van der Waals surface area contributed by atoms with Crippen LogP contribution >= 0.6 is 0 Å². The van der Waals surface area contributed by atoms with Gasteiger partial charge in [0.05, 0.1) is 12.1 Å². The second-order valence-electron chi connectivity index (χ2n) is 6.64. The SMILES string of the molecule is O=C(CCC1CCCCC1)OCCN1C(=O)c2ccccc2S1(=O)=O. The lowest BCUT2D eigenvalue weighted by atomic mass is 9.86. The Morgan fingerprint density at radius 3 is 2.60 bits per heavy atom. The Kier molecular flexibility index (Phi) is 5.42. The first kappa shape index (κ1) is 17.9. The number of hydrogen-bond acceptors (Lipinski definition) is 5. The average molecular weight is 365 g/mol. The van der Waals surface area contributed by atoms with Gasteiger partial charge in [-0.2, -0.15) is 0 Å². The Morgan fingerprint density at radius 2 is 1.88 bits per heavy atom. The number of fused-ring (bicyclic) bond motifs is 1. The van der Waals surface area contributed by atoms with Crippen molar-refractivity contribution in [1.82, 2.24) is 4.31 Å². The van der Waals surface area contributed by atoms with Gasteiger partial charge in [0.15, 0.2) is 0 Å². The van der Waals surface area contributed by atoms with Gasteiger partial charge in [0.25, 0.3) is 15.9 Å². The number of ether oxygens (including phenoxy) is 1. The van der Waals surface area contributed by atoms with Crippen LogP contribution in [0.4, 0.5) is 0 Å². The standard InChI is InChI=1S/C18H23NO5S/c20-17(11-10-14-6-2-1-3-7-14)24-13-12-19-18(21)15-8-4-5-9-16(15)25(19,22)23/h4-5,8-9,14H,1-3,6-7,10-13H2. The molecule has 0 saturated heterocycles. The van der Waals surface area contributed by atoms with Crippen molar-refractivity contribution in [3.63, 3.8) is 0 Å². The van der Waals surface area contributed by atoms with Crippen molar-refractivity contribution in [2.24, 2.45) is 5.92 Å². The second-order valence-corrected chi connectivity index (χ2v) is 8.47. The molecule has 25 heavy (non-hydrogen) atoms. The van der Waals surface area contributed by atoms with Crippen molar-refractivity contribution in [3.05, 3.63) is 29.8 Å². The molecule has 0 radical (unpaired) electrons. The van der Waals surface area contributed by atoms with Crippen molar-refractivity contribution < 1.29 is 22.7 Å². The lowest BCUT2D eigenvalue weighted by Crippen LogP contribution is -2.33. The third-order valence-electron chi connectivity index (χ3n) is 4.95. The number of nitrogens with zero attached hydrogens (tertiary/aromatic N) is 1. The summed E-state index contributed by atoms with van der Waals surface area (Å²) in [4.78, 5) is 24.1. The minimum absolute atomic E-state index is 0.0172. The van der Waals surface area contributed by atoms with Crippen LogP contribution in [-0.2, 0) is 19.6 Å². The van der Waals surface area contributed by atoms with Crippen LogP contribution in [0.3, 0.4) is 0 Å². The molecule has 1 amide bonds. The first-order valence-electron chi connectivity index (χ1n) is 8.82. The molecular formula is C18H23NO5S. The Morgan fingerprint density at radius 1 is 1.16 bits per heavy atom. The van der Waals surface area contributed by atoms with E-state index in [1.165, 1.54) is 44.2 Å². The van der Waals surface area contributed by atoms with Crippen LogP contribution in [0.1, 0.15) is 55.3 Å². The third-order valence-corrected chi connectivity index (χ3v) is 6.79. The topological polar surface area (TPSA) is 80.8 Å². The van der Waals surface area contributed by atoms with E-state index in [1.54, 1.807) is 12.1 Å². The number of sulfonamides is 1. The van der Waals surface area contributed by atoms with Gasteiger partial charge in [0.2, 0.25) is 0 Å². The van der Waals surface area contributed by atoms with Gasteiger partial charge in [-0.1, -0.05) is 44.2 Å². The summed E-state index contributed by atoms with van der Waals surface area (Å²) in [6.45, 7) is -0.256. The molecule has 1 fully saturated rings. The van der Waals surface area contributed by atoms with E-state index < -0.39 is 15.9 Å². The van der Waals surface area contributed by atoms with Crippen molar-refractivity contribution in [3.8, 4) is 0 Å². The zero-order valence-electron chi connectivity index (χ0n) is 14.1. The van der Waals surface area contributed by atoms with Gasteiger partial charge in [-0.15, -0.1) is 0 Å². The van der Waals surface area contributed by atoms with Crippen LogP contribution in [0, 0.1) is 5.92 Å². The summed E-state index contributed by atoms with van der Waals surface area (Å²) in [7, 11) is -3.83. The largest absolute Gasteiger partial charge is 0.464 e. The van der Waals surface area contributed by atoms with Crippen LogP contribution < -0.4 is 0 Å². The van der Waals surface area contributed by atoms with Crippen molar-refractivity contribution in [2.45, 2.75) is 49.8 Å². The lowest BCUT2D eigenvalue weighted by molar-refractivity contribution is -0.144. The molecule has 7 heteroatoms. The fourth-order valence-electron chi connectivity index (χ4n) is 3.56. The van der Waals surface area contributed by atoms with Crippen LogP contribution in [0.15, 0.2) is 29.2 Å². The summed E-state index contributed by atoms with van der Waals surface area (Å²) in [5, 5.41) is 0. The second kappa shape index (κ2) is 7.56. The fraction of sp³-hybridized carbons (Fsp3) is 0.556. The molecule has 1 aliphatic carbocycles. The number of esters is 1.